The van der Waals surface area contributed by atoms with Crippen molar-refractivity contribution < 1.29 is 0 Å². The number of aromatic nitrogens is 1. The van der Waals surface area contributed by atoms with E-state index in [2.05, 4.69) is 138 Å². The molecule has 0 aliphatic heterocycles. The van der Waals surface area contributed by atoms with Crippen molar-refractivity contribution in [3.8, 4) is 0 Å². The second-order valence-electron chi connectivity index (χ2n) is 15.8. The Balaban J connectivity index is 2.82. The first-order valence-electron chi connectivity index (χ1n) is 12.9. The average Bonchev–Trinajstić information content (AvgIpc) is 2.97. The summed E-state index contributed by atoms with van der Waals surface area (Å²) in [5.41, 5.74) is 3.32. The monoisotopic (exact) mass is 454 g/mol. The second-order valence-corrected chi connectivity index (χ2v) is 15.8. The molecule has 188 valence electrons. The number of nitrogens with one attached hydrogen (secondary N) is 1. The molecule has 0 aliphatic carbocycles. The summed E-state index contributed by atoms with van der Waals surface area (Å²) in [5, 5.41) is 2.65. The fraction of sp³-hybridized carbons (Fsp3) is 0.742. The van der Waals surface area contributed by atoms with E-state index in [-0.39, 0.29) is 27.2 Å². The van der Waals surface area contributed by atoms with Crippen molar-refractivity contribution in [3.63, 3.8) is 0 Å². The minimum Gasteiger partial charge on any atom is -0.363 e. The summed E-state index contributed by atoms with van der Waals surface area (Å²) in [4.78, 5) is 6.34. The van der Waals surface area contributed by atoms with Gasteiger partial charge in [0.1, 0.15) is 0 Å². The predicted octanol–water partition coefficient (Wildman–Crippen LogP) is 9.58. The number of hydrogen-bond donors (Lipinski definition) is 1. The number of aromatic amines is 1. The molecule has 0 saturated heterocycles. The average molecular weight is 455 g/mol. The normalized spacial score (nSPS) is 16.2. The maximum atomic E-state index is 3.58. The van der Waals surface area contributed by atoms with E-state index in [1.54, 1.807) is 0 Å². The Hall–Kier alpha value is -1.44. The van der Waals surface area contributed by atoms with Crippen LogP contribution in [0.2, 0.25) is 0 Å². The number of anilines is 1. The van der Waals surface area contributed by atoms with E-state index in [1.165, 1.54) is 28.6 Å². The maximum absolute atomic E-state index is 3.58. The Kier molecular flexibility index (Phi) is 7.29. The third kappa shape index (κ3) is 6.58. The third-order valence-corrected chi connectivity index (χ3v) is 6.92. The van der Waals surface area contributed by atoms with Crippen LogP contribution in [0, 0.1) is 22.2 Å². The van der Waals surface area contributed by atoms with Crippen LogP contribution in [-0.2, 0) is 5.41 Å². The van der Waals surface area contributed by atoms with Crippen molar-refractivity contribution >= 4 is 16.5 Å². The Labute approximate surface area is 205 Å². The molecule has 1 heterocycles. The third-order valence-electron chi connectivity index (χ3n) is 6.92. The van der Waals surface area contributed by atoms with E-state index in [1.807, 2.05) is 0 Å². The molecule has 2 aromatic rings. The zero-order valence-corrected chi connectivity index (χ0v) is 24.6. The van der Waals surface area contributed by atoms with E-state index < -0.39 is 0 Å². The summed E-state index contributed by atoms with van der Waals surface area (Å²) >= 11 is 0. The quantitative estimate of drug-likeness (QED) is 0.487. The molecule has 0 fully saturated rings. The molecule has 1 aromatic carbocycles. The van der Waals surface area contributed by atoms with E-state index in [0.29, 0.717) is 12.0 Å². The van der Waals surface area contributed by atoms with Crippen LogP contribution in [0.15, 0.2) is 24.4 Å². The van der Waals surface area contributed by atoms with Crippen LogP contribution in [0.3, 0.4) is 0 Å². The van der Waals surface area contributed by atoms with Crippen molar-refractivity contribution in [3.05, 3.63) is 30.1 Å². The molecule has 0 amide bonds. The predicted molar refractivity (Wildman–Crippen MR) is 149 cm³/mol. The Morgan fingerprint density at radius 1 is 0.758 bits per heavy atom. The lowest BCUT2D eigenvalue weighted by atomic mass is 9.62. The van der Waals surface area contributed by atoms with Crippen LogP contribution < -0.4 is 4.90 Å². The zero-order chi connectivity index (χ0) is 25.8. The first kappa shape index (κ1) is 27.8. The van der Waals surface area contributed by atoms with E-state index in [0.717, 1.165) is 0 Å². The molecule has 2 unspecified atom stereocenters. The molecule has 0 radical (unpaired) electrons. The van der Waals surface area contributed by atoms with Crippen molar-refractivity contribution in [1.29, 1.82) is 0 Å². The molecule has 0 bridgehead atoms. The lowest BCUT2D eigenvalue weighted by Gasteiger charge is -2.56. The first-order valence-corrected chi connectivity index (χ1v) is 12.9. The van der Waals surface area contributed by atoms with Gasteiger partial charge < -0.3 is 9.88 Å². The lowest BCUT2D eigenvalue weighted by molar-refractivity contribution is 0.0726. The number of H-pyrrole nitrogens is 1. The van der Waals surface area contributed by atoms with Crippen molar-refractivity contribution in [2.75, 3.05) is 4.90 Å². The van der Waals surface area contributed by atoms with Gasteiger partial charge in [-0.3, -0.25) is 0 Å². The highest BCUT2D eigenvalue weighted by atomic mass is 15.2. The van der Waals surface area contributed by atoms with Crippen LogP contribution in [0.1, 0.15) is 116 Å². The summed E-state index contributed by atoms with van der Waals surface area (Å²) in [6.07, 6.45) is 3.37. The van der Waals surface area contributed by atoms with Gasteiger partial charge in [-0.15, -0.1) is 0 Å². The van der Waals surface area contributed by atoms with Crippen LogP contribution in [0.25, 0.3) is 10.8 Å². The Morgan fingerprint density at radius 3 is 1.70 bits per heavy atom. The van der Waals surface area contributed by atoms with Gasteiger partial charge in [0.25, 0.3) is 0 Å². The standard InChI is InChI=1S/C31H54N2/c1-27(2,3)19-24(28(4,5)6)26(30(10,11)12)33(31(13,14)15)22-17-16-21-20-32-25(23(21)18-22)29(7,8)9/h16-18,20,24,26,32H,19H2,1-15H3. The number of rotatable bonds is 4. The molecule has 0 aliphatic rings. The number of fused-ring (bicyclic) bond motifs is 1. The van der Waals surface area contributed by atoms with Crippen molar-refractivity contribution in [1.82, 2.24) is 4.98 Å². The van der Waals surface area contributed by atoms with Gasteiger partial charge in [0.2, 0.25) is 0 Å². The molecule has 0 spiro atoms. The van der Waals surface area contributed by atoms with Crippen LogP contribution in [-0.4, -0.2) is 16.6 Å². The van der Waals surface area contributed by atoms with Gasteiger partial charge in [0.15, 0.2) is 0 Å². The fourth-order valence-corrected chi connectivity index (χ4v) is 5.57. The van der Waals surface area contributed by atoms with Crippen LogP contribution in [0.5, 0.6) is 0 Å². The smallest absolute Gasteiger partial charge is 0.0380 e. The maximum Gasteiger partial charge on any atom is 0.0380 e. The molecular weight excluding hydrogens is 400 g/mol. The number of nitrogens with zero attached hydrogens (tertiary/aromatic N) is 1. The molecule has 1 N–H and O–H groups in total. The topological polar surface area (TPSA) is 19.0 Å². The molecule has 2 nitrogen and oxygen atoms in total. The first-order chi connectivity index (χ1) is 14.5. The number of hydrogen-bond acceptors (Lipinski definition) is 1. The molecule has 0 saturated carbocycles. The van der Waals surface area contributed by atoms with Gasteiger partial charge in [0, 0.05) is 40.0 Å². The highest BCUT2D eigenvalue weighted by Gasteiger charge is 2.46. The molecule has 1 aromatic heterocycles. The molecule has 33 heavy (non-hydrogen) atoms. The summed E-state index contributed by atoms with van der Waals surface area (Å²) in [6.45, 7) is 35.9. The van der Waals surface area contributed by atoms with Gasteiger partial charge in [-0.2, -0.15) is 0 Å². The van der Waals surface area contributed by atoms with Gasteiger partial charge in [0.05, 0.1) is 0 Å². The Morgan fingerprint density at radius 2 is 1.30 bits per heavy atom. The molecule has 2 rings (SSSR count). The minimum atomic E-state index is -0.00872. The van der Waals surface area contributed by atoms with Crippen LogP contribution in [0.4, 0.5) is 5.69 Å². The highest BCUT2D eigenvalue weighted by Crippen LogP contribution is 2.48. The molecular formula is C31H54N2. The Bertz CT molecular complexity index is 927. The summed E-state index contributed by atoms with van der Waals surface area (Å²) in [5.74, 6) is 0.542. The largest absolute Gasteiger partial charge is 0.363 e. The number of benzene rings is 1. The molecule has 2 heteroatoms. The van der Waals surface area contributed by atoms with Crippen LogP contribution >= 0.6 is 0 Å². The van der Waals surface area contributed by atoms with E-state index in [4.69, 9.17) is 0 Å². The van der Waals surface area contributed by atoms with Crippen molar-refractivity contribution in [2.24, 2.45) is 22.2 Å². The SMILES string of the molecule is CC(C)(C)CC(C(N(c1ccc2c[nH]c(C(C)(C)C)c2c1)C(C)(C)C)C(C)(C)C)C(C)(C)C. The minimum absolute atomic E-state index is 0.00872. The van der Waals surface area contributed by atoms with E-state index in [9.17, 15) is 0 Å². The second kappa shape index (κ2) is 8.65. The summed E-state index contributed by atoms with van der Waals surface area (Å²) < 4.78 is 0. The summed E-state index contributed by atoms with van der Waals surface area (Å²) in [6, 6.07) is 7.51. The zero-order valence-electron chi connectivity index (χ0n) is 24.6. The fourth-order valence-electron chi connectivity index (χ4n) is 5.57. The van der Waals surface area contributed by atoms with Gasteiger partial charge in [-0.25, -0.2) is 0 Å². The van der Waals surface area contributed by atoms with Gasteiger partial charge in [-0.05, 0) is 66.9 Å². The van der Waals surface area contributed by atoms with Gasteiger partial charge in [-0.1, -0.05) is 89.2 Å². The van der Waals surface area contributed by atoms with E-state index >= 15 is 0 Å². The van der Waals surface area contributed by atoms with Crippen molar-refractivity contribution in [2.45, 2.75) is 127 Å². The highest BCUT2D eigenvalue weighted by molar-refractivity contribution is 5.89. The lowest BCUT2D eigenvalue weighted by Crippen LogP contribution is -2.59. The molecule has 2 atom stereocenters. The van der Waals surface area contributed by atoms with Gasteiger partial charge >= 0.3 is 0 Å². The summed E-state index contributed by atoms with van der Waals surface area (Å²) in [7, 11) is 0.